The van der Waals surface area contributed by atoms with Crippen molar-refractivity contribution in [2.45, 2.75) is 44.1 Å². The lowest BCUT2D eigenvalue weighted by atomic mass is 9.99. The molecule has 10 nitrogen and oxygen atoms in total. The van der Waals surface area contributed by atoms with Gasteiger partial charge in [-0.3, -0.25) is 14.4 Å². The number of ether oxygens (including phenoxy) is 1. The predicted octanol–water partition coefficient (Wildman–Crippen LogP) is 2.51. The van der Waals surface area contributed by atoms with Crippen LogP contribution < -0.4 is 16.4 Å². The van der Waals surface area contributed by atoms with Gasteiger partial charge in [-0.1, -0.05) is 13.0 Å². The van der Waals surface area contributed by atoms with Crippen LogP contribution >= 0.6 is 0 Å². The van der Waals surface area contributed by atoms with E-state index in [-0.39, 0.29) is 29.3 Å². The molecule has 10 heteroatoms. The maximum absolute atomic E-state index is 12.7. The molecule has 36 heavy (non-hydrogen) atoms. The van der Waals surface area contributed by atoms with E-state index >= 15 is 0 Å². The summed E-state index contributed by atoms with van der Waals surface area (Å²) in [5, 5.41) is 6.15. The lowest BCUT2D eigenvalue weighted by molar-refractivity contribution is -0.117. The van der Waals surface area contributed by atoms with Crippen LogP contribution in [0.15, 0.2) is 43.1 Å². The van der Waals surface area contributed by atoms with Crippen molar-refractivity contribution < 1.29 is 19.1 Å². The van der Waals surface area contributed by atoms with Gasteiger partial charge in [0.05, 0.1) is 13.2 Å². The molecule has 190 valence electrons. The van der Waals surface area contributed by atoms with Crippen LogP contribution in [-0.2, 0) is 9.53 Å². The van der Waals surface area contributed by atoms with Crippen molar-refractivity contribution in [1.82, 2.24) is 20.2 Å². The third-order valence-electron chi connectivity index (χ3n) is 6.63. The summed E-state index contributed by atoms with van der Waals surface area (Å²) in [6, 6.07) is 7.14. The molecule has 1 aliphatic carbocycles. The van der Waals surface area contributed by atoms with E-state index in [9.17, 15) is 14.4 Å². The van der Waals surface area contributed by atoms with Crippen LogP contribution in [0.1, 0.15) is 64.6 Å². The first kappa shape index (κ1) is 25.3. The van der Waals surface area contributed by atoms with Crippen LogP contribution in [0.25, 0.3) is 0 Å². The lowest BCUT2D eigenvalue weighted by Crippen LogP contribution is -2.40. The molecule has 2 aliphatic rings. The number of nitrogens with two attached hydrogens (primary N) is 1. The summed E-state index contributed by atoms with van der Waals surface area (Å²) in [6.45, 7) is 5.75. The summed E-state index contributed by atoms with van der Waals surface area (Å²) in [5.41, 5.74) is 7.03. The van der Waals surface area contributed by atoms with E-state index in [1.165, 1.54) is 12.3 Å². The predicted molar refractivity (Wildman–Crippen MR) is 135 cm³/mol. The third-order valence-corrected chi connectivity index (χ3v) is 6.63. The number of amides is 3. The Bertz CT molecular complexity index is 1110. The van der Waals surface area contributed by atoms with Gasteiger partial charge in [-0.05, 0) is 56.0 Å². The van der Waals surface area contributed by atoms with Crippen molar-refractivity contribution in [2.24, 2.45) is 5.73 Å². The normalized spacial score (nSPS) is 20.2. The Labute approximate surface area is 210 Å². The SMILES string of the molecule is C=CC(=O)NC1CCCC(c2ncc(C(N)=O)c(Nc3ccc(C(=O)N4CCOCC4)cc3)n2)CC1. The largest absolute Gasteiger partial charge is 0.378 e. The lowest BCUT2D eigenvalue weighted by Gasteiger charge is -2.26. The molecule has 2 heterocycles. The third kappa shape index (κ3) is 6.25. The summed E-state index contributed by atoms with van der Waals surface area (Å²) in [7, 11) is 0. The van der Waals surface area contributed by atoms with E-state index in [0.717, 1.165) is 32.1 Å². The van der Waals surface area contributed by atoms with Crippen LogP contribution in [0.2, 0.25) is 0 Å². The minimum absolute atomic E-state index is 0.0389. The maximum atomic E-state index is 12.7. The van der Waals surface area contributed by atoms with E-state index in [2.05, 4.69) is 27.2 Å². The van der Waals surface area contributed by atoms with Crippen LogP contribution in [0.5, 0.6) is 0 Å². The summed E-state index contributed by atoms with van der Waals surface area (Å²) in [6.07, 6.45) is 7.07. The zero-order valence-electron chi connectivity index (χ0n) is 20.2. The van der Waals surface area contributed by atoms with E-state index < -0.39 is 5.91 Å². The number of primary amides is 1. The van der Waals surface area contributed by atoms with Gasteiger partial charge in [-0.2, -0.15) is 0 Å². The quantitative estimate of drug-likeness (QED) is 0.399. The van der Waals surface area contributed by atoms with Gasteiger partial charge in [0.1, 0.15) is 17.2 Å². The van der Waals surface area contributed by atoms with Crippen LogP contribution in [-0.4, -0.2) is 64.9 Å². The Kier molecular flexibility index (Phi) is 8.27. The molecule has 1 aromatic carbocycles. The fourth-order valence-corrected chi connectivity index (χ4v) is 4.61. The Hall–Kier alpha value is -3.79. The molecule has 1 saturated heterocycles. The molecule has 2 aromatic rings. The van der Waals surface area contributed by atoms with Gasteiger partial charge in [0, 0.05) is 42.5 Å². The molecule has 2 atom stereocenters. The molecule has 4 rings (SSSR count). The standard InChI is InChI=1S/C26H32N6O4/c1-2-22(33)29-19-5-3-4-17(6-9-19)24-28-16-21(23(27)34)25(31-24)30-20-10-7-18(8-11-20)26(35)32-12-14-36-15-13-32/h2,7-8,10-11,16-17,19H,1,3-6,9,12-15H2,(H2,27,34)(H,29,33)(H,28,30,31). The first-order valence-electron chi connectivity index (χ1n) is 12.3. The number of anilines is 2. The van der Waals surface area contributed by atoms with Gasteiger partial charge in [-0.25, -0.2) is 9.97 Å². The minimum atomic E-state index is -0.628. The van der Waals surface area contributed by atoms with Crippen molar-refractivity contribution in [2.75, 3.05) is 31.6 Å². The van der Waals surface area contributed by atoms with Gasteiger partial charge in [0.15, 0.2) is 0 Å². The Morgan fingerprint density at radius 2 is 1.83 bits per heavy atom. The second-order valence-electron chi connectivity index (χ2n) is 9.08. The highest BCUT2D eigenvalue weighted by molar-refractivity contribution is 5.98. The number of nitrogens with one attached hydrogen (secondary N) is 2. The number of hydrogen-bond donors (Lipinski definition) is 3. The average molecular weight is 493 g/mol. The van der Waals surface area contributed by atoms with Crippen molar-refractivity contribution in [1.29, 1.82) is 0 Å². The fourth-order valence-electron chi connectivity index (χ4n) is 4.61. The number of hydrogen-bond acceptors (Lipinski definition) is 7. The van der Waals surface area contributed by atoms with Gasteiger partial charge >= 0.3 is 0 Å². The van der Waals surface area contributed by atoms with Crippen molar-refractivity contribution in [3.05, 3.63) is 60.1 Å². The molecular formula is C26H32N6O4. The number of morpholine rings is 1. The van der Waals surface area contributed by atoms with Gasteiger partial charge in [0.2, 0.25) is 5.91 Å². The first-order chi connectivity index (χ1) is 17.4. The molecule has 1 aromatic heterocycles. The molecule has 0 spiro atoms. The zero-order chi connectivity index (χ0) is 25.5. The van der Waals surface area contributed by atoms with Crippen molar-refractivity contribution in [3.8, 4) is 0 Å². The summed E-state index contributed by atoms with van der Waals surface area (Å²) in [5.74, 6) is 0.244. The van der Waals surface area contributed by atoms with E-state index in [4.69, 9.17) is 10.5 Å². The van der Waals surface area contributed by atoms with Crippen LogP contribution in [0, 0.1) is 0 Å². The van der Waals surface area contributed by atoms with Gasteiger partial charge < -0.3 is 26.0 Å². The minimum Gasteiger partial charge on any atom is -0.378 e. The number of rotatable bonds is 7. The number of benzene rings is 1. The number of aromatic nitrogens is 2. The average Bonchev–Trinajstić information content (AvgIpc) is 3.14. The van der Waals surface area contributed by atoms with Crippen LogP contribution in [0.4, 0.5) is 11.5 Å². The molecule has 0 bridgehead atoms. The van der Waals surface area contributed by atoms with Crippen molar-refractivity contribution >= 4 is 29.2 Å². The van der Waals surface area contributed by atoms with Gasteiger partial charge in [-0.15, -0.1) is 0 Å². The number of carbonyl (C=O) groups excluding carboxylic acids is 3. The van der Waals surface area contributed by atoms with E-state index in [0.29, 0.717) is 49.2 Å². The molecule has 2 unspecified atom stereocenters. The highest BCUT2D eigenvalue weighted by atomic mass is 16.5. The van der Waals surface area contributed by atoms with Crippen LogP contribution in [0.3, 0.4) is 0 Å². The fraction of sp³-hybridized carbons (Fsp3) is 0.423. The van der Waals surface area contributed by atoms with E-state index in [1.807, 2.05) is 0 Å². The molecule has 0 radical (unpaired) electrons. The van der Waals surface area contributed by atoms with Gasteiger partial charge in [0.25, 0.3) is 11.8 Å². The number of nitrogens with zero attached hydrogens (tertiary/aromatic N) is 3. The summed E-state index contributed by atoms with van der Waals surface area (Å²) < 4.78 is 5.31. The maximum Gasteiger partial charge on any atom is 0.254 e. The molecule has 1 aliphatic heterocycles. The topological polar surface area (TPSA) is 140 Å². The highest BCUT2D eigenvalue weighted by Crippen LogP contribution is 2.31. The Morgan fingerprint density at radius 1 is 1.08 bits per heavy atom. The molecular weight excluding hydrogens is 460 g/mol. The Morgan fingerprint density at radius 3 is 2.53 bits per heavy atom. The summed E-state index contributed by atoms with van der Waals surface area (Å²) >= 11 is 0. The van der Waals surface area contributed by atoms with Crippen molar-refractivity contribution in [3.63, 3.8) is 0 Å². The monoisotopic (exact) mass is 492 g/mol. The smallest absolute Gasteiger partial charge is 0.254 e. The Balaban J connectivity index is 1.47. The second-order valence-corrected chi connectivity index (χ2v) is 9.08. The molecule has 1 saturated carbocycles. The summed E-state index contributed by atoms with van der Waals surface area (Å²) in [4.78, 5) is 47.3. The van der Waals surface area contributed by atoms with E-state index in [1.54, 1.807) is 29.2 Å². The number of carbonyl (C=O) groups is 3. The second kappa shape index (κ2) is 11.8. The molecule has 2 fully saturated rings. The molecule has 4 N–H and O–H groups in total. The zero-order valence-corrected chi connectivity index (χ0v) is 20.2. The molecule has 3 amide bonds. The first-order valence-corrected chi connectivity index (χ1v) is 12.3. The highest BCUT2D eigenvalue weighted by Gasteiger charge is 2.24.